The van der Waals surface area contributed by atoms with Gasteiger partial charge in [0.25, 0.3) is 15.9 Å². The molecule has 0 saturated heterocycles. The molecule has 8 nitrogen and oxygen atoms in total. The van der Waals surface area contributed by atoms with E-state index in [1.54, 1.807) is 60.9 Å². The smallest absolute Gasteiger partial charge is 0.262 e. The van der Waals surface area contributed by atoms with E-state index in [4.69, 9.17) is 9.47 Å². The summed E-state index contributed by atoms with van der Waals surface area (Å²) in [6.45, 7) is 0.351. The number of aromatic nitrogens is 1. The Labute approximate surface area is 203 Å². The SMILES string of the molecule is COc1ccccc1NS(=O)(=O)c1ccc(C(=O)Nc2cccc(OCc3cccnc3)c2)cc1. The Morgan fingerprint density at radius 2 is 1.74 bits per heavy atom. The molecule has 4 rings (SSSR count). The minimum Gasteiger partial charge on any atom is -0.495 e. The molecule has 1 aromatic heterocycles. The van der Waals surface area contributed by atoms with Crippen LogP contribution < -0.4 is 19.5 Å². The number of anilines is 2. The molecule has 0 fully saturated rings. The second-order valence-electron chi connectivity index (χ2n) is 7.46. The molecule has 35 heavy (non-hydrogen) atoms. The lowest BCUT2D eigenvalue weighted by Gasteiger charge is -2.12. The molecule has 0 aliphatic heterocycles. The van der Waals surface area contributed by atoms with Crippen LogP contribution in [0.25, 0.3) is 0 Å². The van der Waals surface area contributed by atoms with E-state index in [2.05, 4.69) is 15.0 Å². The third kappa shape index (κ3) is 6.15. The van der Waals surface area contributed by atoms with Crippen LogP contribution in [-0.4, -0.2) is 26.4 Å². The number of nitrogens with zero attached hydrogens (tertiary/aromatic N) is 1. The number of methoxy groups -OCH3 is 1. The Bertz CT molecular complexity index is 1410. The molecule has 1 heterocycles. The third-order valence-electron chi connectivity index (χ3n) is 5.00. The van der Waals surface area contributed by atoms with Gasteiger partial charge in [-0.1, -0.05) is 24.3 Å². The van der Waals surface area contributed by atoms with E-state index in [0.29, 0.717) is 35.0 Å². The molecule has 2 N–H and O–H groups in total. The summed E-state index contributed by atoms with van der Waals surface area (Å²) >= 11 is 0. The van der Waals surface area contributed by atoms with Crippen molar-refractivity contribution < 1.29 is 22.7 Å². The molecule has 3 aromatic carbocycles. The lowest BCUT2D eigenvalue weighted by Crippen LogP contribution is -2.15. The molecule has 0 aliphatic rings. The first-order valence-electron chi connectivity index (χ1n) is 10.6. The molecule has 0 saturated carbocycles. The first kappa shape index (κ1) is 23.8. The highest BCUT2D eigenvalue weighted by Gasteiger charge is 2.17. The van der Waals surface area contributed by atoms with Gasteiger partial charge in [0.2, 0.25) is 0 Å². The van der Waals surface area contributed by atoms with Gasteiger partial charge in [0.15, 0.2) is 0 Å². The van der Waals surface area contributed by atoms with E-state index in [1.165, 1.54) is 31.4 Å². The highest BCUT2D eigenvalue weighted by molar-refractivity contribution is 7.92. The summed E-state index contributed by atoms with van der Waals surface area (Å²) in [6, 6.07) is 23.1. The topological polar surface area (TPSA) is 107 Å². The summed E-state index contributed by atoms with van der Waals surface area (Å²) in [6.07, 6.45) is 3.42. The van der Waals surface area contributed by atoms with Crippen LogP contribution in [-0.2, 0) is 16.6 Å². The van der Waals surface area contributed by atoms with Gasteiger partial charge in [-0.2, -0.15) is 0 Å². The molecular formula is C26H23N3O5S. The van der Waals surface area contributed by atoms with Crippen molar-refractivity contribution in [2.45, 2.75) is 11.5 Å². The fourth-order valence-electron chi connectivity index (χ4n) is 3.24. The summed E-state index contributed by atoms with van der Waals surface area (Å²) in [5.41, 5.74) is 2.11. The number of sulfonamides is 1. The Balaban J connectivity index is 1.41. The number of pyridine rings is 1. The third-order valence-corrected chi connectivity index (χ3v) is 6.38. The van der Waals surface area contributed by atoms with Crippen LogP contribution in [0.2, 0.25) is 0 Å². The summed E-state index contributed by atoms with van der Waals surface area (Å²) in [5.74, 6) is 0.616. The van der Waals surface area contributed by atoms with Crippen LogP contribution >= 0.6 is 0 Å². The van der Waals surface area contributed by atoms with E-state index >= 15 is 0 Å². The standard InChI is InChI=1S/C26H23N3O5S/c1-33-25-10-3-2-9-24(25)29-35(31,32)23-13-11-20(12-14-23)26(30)28-21-7-4-8-22(16-21)34-18-19-6-5-15-27-17-19/h2-17,29H,18H2,1H3,(H,28,30). The molecule has 1 amide bonds. The molecule has 0 aliphatic carbocycles. The minimum absolute atomic E-state index is 0.0192. The summed E-state index contributed by atoms with van der Waals surface area (Å²) < 4.78 is 39.0. The van der Waals surface area contributed by atoms with Gasteiger partial charge in [-0.25, -0.2) is 8.42 Å². The molecule has 0 unspecified atom stereocenters. The number of carbonyl (C=O) groups excluding carboxylic acids is 1. The fourth-order valence-corrected chi connectivity index (χ4v) is 4.31. The number of ether oxygens (including phenoxy) is 2. The van der Waals surface area contributed by atoms with Gasteiger partial charge in [0.05, 0.1) is 17.7 Å². The van der Waals surface area contributed by atoms with Crippen LogP contribution in [0, 0.1) is 0 Å². The van der Waals surface area contributed by atoms with Gasteiger partial charge < -0.3 is 14.8 Å². The first-order valence-corrected chi connectivity index (χ1v) is 12.1. The van der Waals surface area contributed by atoms with Gasteiger partial charge in [-0.15, -0.1) is 0 Å². The number of para-hydroxylation sites is 2. The molecule has 4 aromatic rings. The average molecular weight is 490 g/mol. The number of nitrogens with one attached hydrogen (secondary N) is 2. The van der Waals surface area contributed by atoms with Crippen molar-refractivity contribution in [3.05, 3.63) is 108 Å². The molecule has 0 radical (unpaired) electrons. The summed E-state index contributed by atoms with van der Waals surface area (Å²) in [4.78, 5) is 16.8. The van der Waals surface area contributed by atoms with Gasteiger partial charge in [-0.05, 0) is 54.6 Å². The van der Waals surface area contributed by atoms with Gasteiger partial charge in [0, 0.05) is 35.3 Å². The first-order chi connectivity index (χ1) is 16.9. The predicted octanol–water partition coefficient (Wildman–Crippen LogP) is 4.72. The second-order valence-corrected chi connectivity index (χ2v) is 9.14. The lowest BCUT2D eigenvalue weighted by molar-refractivity contribution is 0.102. The van der Waals surface area contributed by atoms with Crippen molar-refractivity contribution in [2.24, 2.45) is 0 Å². The van der Waals surface area contributed by atoms with Crippen LogP contribution in [0.1, 0.15) is 15.9 Å². The van der Waals surface area contributed by atoms with E-state index in [9.17, 15) is 13.2 Å². The number of benzene rings is 3. The van der Waals surface area contributed by atoms with Crippen LogP contribution in [0.5, 0.6) is 11.5 Å². The number of rotatable bonds is 9. The van der Waals surface area contributed by atoms with Gasteiger partial charge >= 0.3 is 0 Å². The van der Waals surface area contributed by atoms with E-state index in [1.807, 2.05) is 12.1 Å². The lowest BCUT2D eigenvalue weighted by atomic mass is 10.2. The van der Waals surface area contributed by atoms with E-state index in [-0.39, 0.29) is 10.8 Å². The Kier molecular flexibility index (Phi) is 7.27. The molecule has 0 atom stereocenters. The highest BCUT2D eigenvalue weighted by atomic mass is 32.2. The number of hydrogen-bond donors (Lipinski definition) is 2. The van der Waals surface area contributed by atoms with Crippen LogP contribution in [0.15, 0.2) is 102 Å². The monoisotopic (exact) mass is 489 g/mol. The zero-order valence-corrected chi connectivity index (χ0v) is 19.7. The van der Waals surface area contributed by atoms with Gasteiger partial charge in [-0.3, -0.25) is 14.5 Å². The molecule has 0 bridgehead atoms. The number of carbonyl (C=O) groups is 1. The summed E-state index contributed by atoms with van der Waals surface area (Å²) in [7, 11) is -2.40. The molecule has 9 heteroatoms. The van der Waals surface area contributed by atoms with Crippen molar-refractivity contribution in [1.29, 1.82) is 0 Å². The van der Waals surface area contributed by atoms with Crippen molar-refractivity contribution in [3.8, 4) is 11.5 Å². The predicted molar refractivity (Wildman–Crippen MR) is 133 cm³/mol. The van der Waals surface area contributed by atoms with Crippen molar-refractivity contribution in [3.63, 3.8) is 0 Å². The minimum atomic E-state index is -3.86. The largest absolute Gasteiger partial charge is 0.495 e. The van der Waals surface area contributed by atoms with E-state index in [0.717, 1.165) is 5.56 Å². The van der Waals surface area contributed by atoms with Crippen molar-refractivity contribution in [1.82, 2.24) is 4.98 Å². The van der Waals surface area contributed by atoms with Crippen LogP contribution in [0.4, 0.5) is 11.4 Å². The van der Waals surface area contributed by atoms with Crippen molar-refractivity contribution >= 4 is 27.3 Å². The van der Waals surface area contributed by atoms with Crippen LogP contribution in [0.3, 0.4) is 0 Å². The molecular weight excluding hydrogens is 466 g/mol. The normalized spacial score (nSPS) is 10.9. The maximum atomic E-state index is 12.8. The maximum absolute atomic E-state index is 12.8. The Morgan fingerprint density at radius 1 is 0.943 bits per heavy atom. The average Bonchev–Trinajstić information content (AvgIpc) is 2.88. The Hall–Kier alpha value is -4.37. The van der Waals surface area contributed by atoms with Crippen molar-refractivity contribution in [2.75, 3.05) is 17.1 Å². The molecule has 178 valence electrons. The summed E-state index contributed by atoms with van der Waals surface area (Å²) in [5, 5.41) is 2.80. The van der Waals surface area contributed by atoms with Gasteiger partial charge in [0.1, 0.15) is 18.1 Å². The highest BCUT2D eigenvalue weighted by Crippen LogP contribution is 2.26. The number of hydrogen-bond acceptors (Lipinski definition) is 6. The maximum Gasteiger partial charge on any atom is 0.262 e. The molecule has 0 spiro atoms. The Morgan fingerprint density at radius 3 is 2.49 bits per heavy atom. The fraction of sp³-hybridized carbons (Fsp3) is 0.0769. The zero-order valence-electron chi connectivity index (χ0n) is 18.8. The zero-order chi connectivity index (χ0) is 24.7. The number of amides is 1. The quantitative estimate of drug-likeness (QED) is 0.352. The second kappa shape index (κ2) is 10.7. The van der Waals surface area contributed by atoms with E-state index < -0.39 is 10.0 Å².